The first-order chi connectivity index (χ1) is 8.24. The van der Waals surface area contributed by atoms with Crippen molar-refractivity contribution >= 4 is 0 Å². The van der Waals surface area contributed by atoms with Crippen molar-refractivity contribution in [3.8, 4) is 0 Å². The highest BCUT2D eigenvalue weighted by atomic mass is 16.5. The Labute approximate surface area is 105 Å². The molecule has 2 nitrogen and oxygen atoms in total. The average molecular weight is 235 g/mol. The quantitative estimate of drug-likeness (QED) is 0.700. The van der Waals surface area contributed by atoms with Gasteiger partial charge in [0.2, 0.25) is 0 Å². The minimum atomic E-state index is 0.689. The van der Waals surface area contributed by atoms with Crippen LogP contribution in [0.2, 0.25) is 0 Å². The standard InChI is InChI=1S/C15H25NO/c1-13(2)15(12-16-9-10-17-3)11-14-7-5-4-6-8-14/h4-8,13,15-16H,9-12H2,1-3H3. The summed E-state index contributed by atoms with van der Waals surface area (Å²) >= 11 is 0. The minimum Gasteiger partial charge on any atom is -0.383 e. The van der Waals surface area contributed by atoms with Crippen LogP contribution < -0.4 is 5.32 Å². The molecule has 0 bridgehead atoms. The fraction of sp³-hybridized carbons (Fsp3) is 0.600. The third-order valence-corrected chi connectivity index (χ3v) is 3.17. The van der Waals surface area contributed by atoms with Crippen molar-refractivity contribution in [2.45, 2.75) is 20.3 Å². The van der Waals surface area contributed by atoms with Crippen LogP contribution in [-0.2, 0) is 11.2 Å². The molecule has 17 heavy (non-hydrogen) atoms. The average Bonchev–Trinajstić information content (AvgIpc) is 2.34. The van der Waals surface area contributed by atoms with Gasteiger partial charge in [-0.05, 0) is 30.4 Å². The van der Waals surface area contributed by atoms with Gasteiger partial charge in [0.1, 0.15) is 0 Å². The summed E-state index contributed by atoms with van der Waals surface area (Å²) in [6, 6.07) is 10.7. The summed E-state index contributed by atoms with van der Waals surface area (Å²) < 4.78 is 5.04. The van der Waals surface area contributed by atoms with Gasteiger partial charge in [-0.15, -0.1) is 0 Å². The molecule has 0 saturated heterocycles. The molecule has 1 N–H and O–H groups in total. The van der Waals surface area contributed by atoms with Gasteiger partial charge in [0.15, 0.2) is 0 Å². The molecule has 0 heterocycles. The number of nitrogens with one attached hydrogen (secondary N) is 1. The summed E-state index contributed by atoms with van der Waals surface area (Å²) in [6.07, 6.45) is 1.15. The SMILES string of the molecule is COCCNCC(Cc1ccccc1)C(C)C. The number of methoxy groups -OCH3 is 1. The molecule has 0 aromatic heterocycles. The van der Waals surface area contributed by atoms with E-state index >= 15 is 0 Å². The summed E-state index contributed by atoms with van der Waals surface area (Å²) in [5, 5.41) is 3.46. The summed E-state index contributed by atoms with van der Waals surface area (Å²) in [6.45, 7) is 7.39. The van der Waals surface area contributed by atoms with Gasteiger partial charge in [0, 0.05) is 13.7 Å². The summed E-state index contributed by atoms with van der Waals surface area (Å²) in [7, 11) is 1.74. The van der Waals surface area contributed by atoms with Gasteiger partial charge in [-0.25, -0.2) is 0 Å². The van der Waals surface area contributed by atoms with Crippen LogP contribution in [0, 0.1) is 11.8 Å². The predicted molar refractivity (Wildman–Crippen MR) is 73.2 cm³/mol. The van der Waals surface area contributed by atoms with E-state index in [0.29, 0.717) is 11.8 Å². The summed E-state index contributed by atoms with van der Waals surface area (Å²) in [4.78, 5) is 0. The maximum Gasteiger partial charge on any atom is 0.0587 e. The van der Waals surface area contributed by atoms with Gasteiger partial charge in [-0.1, -0.05) is 44.2 Å². The first kappa shape index (κ1) is 14.2. The van der Waals surface area contributed by atoms with E-state index in [0.717, 1.165) is 26.1 Å². The molecule has 1 rings (SSSR count). The maximum atomic E-state index is 5.04. The van der Waals surface area contributed by atoms with Gasteiger partial charge < -0.3 is 10.1 Å². The first-order valence-electron chi connectivity index (χ1n) is 6.47. The first-order valence-corrected chi connectivity index (χ1v) is 6.47. The molecule has 0 aliphatic heterocycles. The highest BCUT2D eigenvalue weighted by molar-refractivity contribution is 5.15. The lowest BCUT2D eigenvalue weighted by atomic mass is 9.89. The van der Waals surface area contributed by atoms with Gasteiger partial charge >= 0.3 is 0 Å². The van der Waals surface area contributed by atoms with Crippen molar-refractivity contribution in [1.82, 2.24) is 5.32 Å². The minimum absolute atomic E-state index is 0.689. The summed E-state index contributed by atoms with van der Waals surface area (Å²) in [5.41, 5.74) is 1.43. The molecule has 2 heteroatoms. The Morgan fingerprint density at radius 1 is 1.18 bits per heavy atom. The third kappa shape index (κ3) is 5.85. The highest BCUT2D eigenvalue weighted by Crippen LogP contribution is 2.16. The van der Waals surface area contributed by atoms with Crippen molar-refractivity contribution < 1.29 is 4.74 Å². The van der Waals surface area contributed by atoms with Crippen molar-refractivity contribution in [2.24, 2.45) is 11.8 Å². The summed E-state index contributed by atoms with van der Waals surface area (Å²) in [5.74, 6) is 1.39. The zero-order valence-corrected chi connectivity index (χ0v) is 11.3. The Morgan fingerprint density at radius 3 is 2.47 bits per heavy atom. The van der Waals surface area contributed by atoms with Crippen molar-refractivity contribution in [1.29, 1.82) is 0 Å². The second-order valence-electron chi connectivity index (χ2n) is 4.89. The Balaban J connectivity index is 2.38. The zero-order valence-electron chi connectivity index (χ0n) is 11.3. The van der Waals surface area contributed by atoms with Crippen LogP contribution in [0.25, 0.3) is 0 Å². The molecule has 0 amide bonds. The molecule has 1 aromatic carbocycles. The molecule has 1 unspecified atom stereocenters. The van der Waals surface area contributed by atoms with E-state index in [1.165, 1.54) is 5.56 Å². The molecule has 0 aliphatic rings. The second kappa shape index (κ2) is 8.26. The Morgan fingerprint density at radius 2 is 1.88 bits per heavy atom. The van der Waals surface area contributed by atoms with E-state index in [1.807, 2.05) is 0 Å². The molecule has 96 valence electrons. The van der Waals surface area contributed by atoms with Crippen molar-refractivity contribution in [3.63, 3.8) is 0 Å². The molecule has 1 aromatic rings. The lowest BCUT2D eigenvalue weighted by Crippen LogP contribution is -2.30. The van der Waals surface area contributed by atoms with Crippen LogP contribution in [0.1, 0.15) is 19.4 Å². The Hall–Kier alpha value is -0.860. The molecule has 0 fully saturated rings. The van der Waals surface area contributed by atoms with Crippen LogP contribution in [0.15, 0.2) is 30.3 Å². The van der Waals surface area contributed by atoms with Crippen LogP contribution >= 0.6 is 0 Å². The monoisotopic (exact) mass is 235 g/mol. The van der Waals surface area contributed by atoms with Crippen LogP contribution in [0.3, 0.4) is 0 Å². The van der Waals surface area contributed by atoms with E-state index in [4.69, 9.17) is 4.74 Å². The highest BCUT2D eigenvalue weighted by Gasteiger charge is 2.13. The van der Waals surface area contributed by atoms with Gasteiger partial charge in [-0.2, -0.15) is 0 Å². The van der Waals surface area contributed by atoms with E-state index in [9.17, 15) is 0 Å². The molecule has 0 spiro atoms. The van der Waals surface area contributed by atoms with Crippen LogP contribution in [0.5, 0.6) is 0 Å². The van der Waals surface area contributed by atoms with E-state index in [-0.39, 0.29) is 0 Å². The molecule has 0 aliphatic carbocycles. The Bertz CT molecular complexity index is 284. The zero-order chi connectivity index (χ0) is 12.5. The smallest absolute Gasteiger partial charge is 0.0587 e. The molecular formula is C15H25NO. The van der Waals surface area contributed by atoms with Crippen LogP contribution in [-0.4, -0.2) is 26.8 Å². The molecule has 1 atom stereocenters. The van der Waals surface area contributed by atoms with Gasteiger partial charge in [-0.3, -0.25) is 0 Å². The second-order valence-corrected chi connectivity index (χ2v) is 4.89. The van der Waals surface area contributed by atoms with Crippen LogP contribution in [0.4, 0.5) is 0 Å². The fourth-order valence-electron chi connectivity index (χ4n) is 1.92. The van der Waals surface area contributed by atoms with Crippen molar-refractivity contribution in [2.75, 3.05) is 26.8 Å². The Kier molecular flexibility index (Phi) is 6.90. The van der Waals surface area contributed by atoms with E-state index in [1.54, 1.807) is 7.11 Å². The fourth-order valence-corrected chi connectivity index (χ4v) is 1.92. The maximum absolute atomic E-state index is 5.04. The lowest BCUT2D eigenvalue weighted by molar-refractivity contribution is 0.196. The predicted octanol–water partition coefficient (Wildman–Crippen LogP) is 2.74. The number of hydrogen-bond acceptors (Lipinski definition) is 2. The van der Waals surface area contributed by atoms with Crippen molar-refractivity contribution in [3.05, 3.63) is 35.9 Å². The number of hydrogen-bond donors (Lipinski definition) is 1. The van der Waals surface area contributed by atoms with E-state index in [2.05, 4.69) is 49.5 Å². The number of ether oxygens (including phenoxy) is 1. The van der Waals surface area contributed by atoms with E-state index < -0.39 is 0 Å². The lowest BCUT2D eigenvalue weighted by Gasteiger charge is -2.21. The third-order valence-electron chi connectivity index (χ3n) is 3.17. The largest absolute Gasteiger partial charge is 0.383 e. The van der Waals surface area contributed by atoms with Gasteiger partial charge in [0.25, 0.3) is 0 Å². The topological polar surface area (TPSA) is 21.3 Å². The number of benzene rings is 1. The normalized spacial score (nSPS) is 12.9. The molecule has 0 saturated carbocycles. The van der Waals surface area contributed by atoms with Gasteiger partial charge in [0.05, 0.1) is 6.61 Å². The number of rotatable bonds is 8. The molecule has 0 radical (unpaired) electrons. The molecular weight excluding hydrogens is 210 g/mol.